The van der Waals surface area contributed by atoms with E-state index in [4.69, 9.17) is 4.74 Å². The molecule has 1 atom stereocenters. The Labute approximate surface area is 195 Å². The molecular weight excluding hydrogens is 399 g/mol. The monoisotopic (exact) mass is 442 g/mol. The molecule has 1 heterocycles. The fourth-order valence-corrected chi connectivity index (χ4v) is 3.86. The number of hydrogen-bond donors (Lipinski definition) is 0. The second kappa shape index (κ2) is 16.6. The van der Waals surface area contributed by atoms with Crippen LogP contribution in [0.25, 0.3) is 11.4 Å². The molecule has 0 aliphatic heterocycles. The zero-order valence-corrected chi connectivity index (χ0v) is 20.3. The van der Waals surface area contributed by atoms with Crippen molar-refractivity contribution in [2.45, 2.75) is 110 Å². The highest BCUT2D eigenvalue weighted by Crippen LogP contribution is 2.19. The van der Waals surface area contributed by atoms with Crippen LogP contribution in [0.2, 0.25) is 0 Å². The molecule has 0 spiro atoms. The molecule has 2 rings (SSSR count). The summed E-state index contributed by atoms with van der Waals surface area (Å²) in [6, 6.07) is 8.56. The van der Waals surface area contributed by atoms with E-state index in [1.54, 1.807) is 12.4 Å². The Kier molecular flexibility index (Phi) is 13.7. The number of ether oxygens (including phenoxy) is 1. The van der Waals surface area contributed by atoms with Crippen LogP contribution in [0.15, 0.2) is 36.7 Å². The number of benzene rings is 1. The van der Waals surface area contributed by atoms with Crippen LogP contribution < -0.4 is 4.74 Å². The predicted octanol–water partition coefficient (Wildman–Crippen LogP) is 8.51. The van der Waals surface area contributed by atoms with Gasteiger partial charge in [-0.25, -0.2) is 14.4 Å². The Balaban J connectivity index is 1.62. The van der Waals surface area contributed by atoms with Crippen molar-refractivity contribution in [1.82, 2.24) is 9.97 Å². The standard InChI is InChI=1S/C28H43FN2O/c1-3-5-6-7-11-14-21-32-27-22-30-28(31-23-27)25-19-17-24(18-20-25)15-12-9-8-10-13-16-26(29)4-2/h17-20,22-23,26H,3-16,21H2,1-2H3. The van der Waals surface area contributed by atoms with Gasteiger partial charge in [-0.05, 0) is 37.7 Å². The molecule has 0 fully saturated rings. The summed E-state index contributed by atoms with van der Waals surface area (Å²) in [5.74, 6) is 1.48. The van der Waals surface area contributed by atoms with Gasteiger partial charge in [0.15, 0.2) is 11.6 Å². The van der Waals surface area contributed by atoms with Gasteiger partial charge >= 0.3 is 0 Å². The summed E-state index contributed by atoms with van der Waals surface area (Å²) in [4.78, 5) is 8.96. The predicted molar refractivity (Wildman–Crippen MR) is 133 cm³/mol. The molecule has 1 unspecified atom stereocenters. The second-order valence-electron chi connectivity index (χ2n) is 8.87. The molecule has 32 heavy (non-hydrogen) atoms. The Morgan fingerprint density at radius 3 is 2.09 bits per heavy atom. The van der Waals surface area contributed by atoms with Gasteiger partial charge in [0, 0.05) is 5.56 Å². The van der Waals surface area contributed by atoms with Crippen molar-refractivity contribution in [3.05, 3.63) is 42.2 Å². The molecule has 0 amide bonds. The van der Waals surface area contributed by atoms with Gasteiger partial charge in [0.25, 0.3) is 0 Å². The third-order valence-corrected chi connectivity index (χ3v) is 6.03. The largest absolute Gasteiger partial charge is 0.490 e. The molecule has 0 bridgehead atoms. The van der Waals surface area contributed by atoms with Gasteiger partial charge < -0.3 is 4.74 Å². The molecule has 4 heteroatoms. The van der Waals surface area contributed by atoms with E-state index < -0.39 is 6.17 Å². The Morgan fingerprint density at radius 1 is 0.781 bits per heavy atom. The van der Waals surface area contributed by atoms with E-state index in [1.807, 2.05) is 6.92 Å². The molecule has 3 nitrogen and oxygen atoms in total. The quantitative estimate of drug-likeness (QED) is 0.217. The first kappa shape index (κ1) is 26.3. The van der Waals surface area contributed by atoms with Gasteiger partial charge in [-0.3, -0.25) is 0 Å². The molecule has 0 saturated carbocycles. The number of nitrogens with zero attached hydrogens (tertiary/aromatic N) is 2. The molecule has 0 saturated heterocycles. The van der Waals surface area contributed by atoms with E-state index in [-0.39, 0.29) is 0 Å². The number of aromatic nitrogens is 2. The lowest BCUT2D eigenvalue weighted by Gasteiger charge is -2.07. The van der Waals surface area contributed by atoms with Crippen molar-refractivity contribution in [2.24, 2.45) is 0 Å². The first-order chi connectivity index (χ1) is 15.7. The summed E-state index contributed by atoms with van der Waals surface area (Å²) in [6.45, 7) is 4.90. The Bertz CT molecular complexity index is 702. The van der Waals surface area contributed by atoms with Crippen molar-refractivity contribution in [3.8, 4) is 17.1 Å². The van der Waals surface area contributed by atoms with E-state index in [9.17, 15) is 4.39 Å². The van der Waals surface area contributed by atoms with Crippen molar-refractivity contribution in [2.75, 3.05) is 6.61 Å². The highest BCUT2D eigenvalue weighted by atomic mass is 19.1. The average molecular weight is 443 g/mol. The number of halogens is 1. The Hall–Kier alpha value is -1.97. The smallest absolute Gasteiger partial charge is 0.159 e. The molecule has 0 N–H and O–H groups in total. The normalized spacial score (nSPS) is 12.1. The van der Waals surface area contributed by atoms with E-state index in [0.717, 1.165) is 55.8 Å². The van der Waals surface area contributed by atoms with Crippen LogP contribution in [0.4, 0.5) is 4.39 Å². The molecule has 1 aromatic heterocycles. The molecular formula is C28H43FN2O. The minimum atomic E-state index is -0.605. The number of alkyl halides is 1. The van der Waals surface area contributed by atoms with Crippen molar-refractivity contribution in [1.29, 1.82) is 0 Å². The minimum Gasteiger partial charge on any atom is -0.490 e. The lowest BCUT2D eigenvalue weighted by Crippen LogP contribution is -1.99. The highest BCUT2D eigenvalue weighted by molar-refractivity contribution is 5.55. The maximum Gasteiger partial charge on any atom is 0.159 e. The van der Waals surface area contributed by atoms with Crippen molar-refractivity contribution < 1.29 is 9.13 Å². The van der Waals surface area contributed by atoms with Crippen LogP contribution in [0.1, 0.15) is 103 Å². The molecule has 0 aliphatic carbocycles. The van der Waals surface area contributed by atoms with Crippen LogP contribution in [0.5, 0.6) is 5.75 Å². The fraction of sp³-hybridized carbons (Fsp3) is 0.643. The van der Waals surface area contributed by atoms with Crippen molar-refractivity contribution in [3.63, 3.8) is 0 Å². The van der Waals surface area contributed by atoms with E-state index in [0.29, 0.717) is 6.42 Å². The summed E-state index contributed by atoms with van der Waals surface area (Å²) >= 11 is 0. The minimum absolute atomic E-state index is 0.605. The summed E-state index contributed by atoms with van der Waals surface area (Å²) < 4.78 is 19.0. The van der Waals surface area contributed by atoms with Gasteiger partial charge in [-0.1, -0.05) is 95.9 Å². The second-order valence-corrected chi connectivity index (χ2v) is 8.87. The third kappa shape index (κ3) is 11.1. The zero-order chi connectivity index (χ0) is 22.9. The maximum atomic E-state index is 13.2. The molecule has 178 valence electrons. The van der Waals surface area contributed by atoms with E-state index in [2.05, 4.69) is 41.2 Å². The van der Waals surface area contributed by atoms with Crippen molar-refractivity contribution >= 4 is 0 Å². The van der Waals surface area contributed by atoms with Crippen LogP contribution >= 0.6 is 0 Å². The van der Waals surface area contributed by atoms with Crippen LogP contribution in [-0.2, 0) is 6.42 Å². The fourth-order valence-electron chi connectivity index (χ4n) is 3.86. The summed E-state index contributed by atoms with van der Waals surface area (Å²) in [7, 11) is 0. The maximum absolute atomic E-state index is 13.2. The number of unbranched alkanes of at least 4 members (excludes halogenated alkanes) is 9. The highest BCUT2D eigenvalue weighted by Gasteiger charge is 2.04. The summed E-state index contributed by atoms with van der Waals surface area (Å²) in [6.07, 6.45) is 18.7. The lowest BCUT2D eigenvalue weighted by molar-refractivity contribution is 0.296. The van der Waals surface area contributed by atoms with Gasteiger partial charge in [-0.15, -0.1) is 0 Å². The Morgan fingerprint density at radius 2 is 1.41 bits per heavy atom. The first-order valence-electron chi connectivity index (χ1n) is 12.9. The van der Waals surface area contributed by atoms with Crippen LogP contribution in [0.3, 0.4) is 0 Å². The van der Waals surface area contributed by atoms with Crippen LogP contribution in [-0.4, -0.2) is 22.7 Å². The van der Waals surface area contributed by atoms with E-state index in [1.165, 1.54) is 56.9 Å². The molecule has 2 aromatic rings. The van der Waals surface area contributed by atoms with E-state index >= 15 is 0 Å². The van der Waals surface area contributed by atoms with Gasteiger partial charge in [0.1, 0.15) is 0 Å². The topological polar surface area (TPSA) is 35.0 Å². The van der Waals surface area contributed by atoms with Gasteiger partial charge in [0.05, 0.1) is 25.2 Å². The zero-order valence-electron chi connectivity index (χ0n) is 20.3. The SMILES string of the molecule is CCCCCCCCOc1cnc(-c2ccc(CCCCCCCC(F)CC)cc2)nc1. The van der Waals surface area contributed by atoms with Gasteiger partial charge in [-0.2, -0.15) is 0 Å². The summed E-state index contributed by atoms with van der Waals surface area (Å²) in [5.41, 5.74) is 2.38. The molecule has 1 aromatic carbocycles. The number of rotatable bonds is 18. The molecule has 0 aliphatic rings. The third-order valence-electron chi connectivity index (χ3n) is 6.03. The molecule has 0 radical (unpaired) electrons. The summed E-state index contributed by atoms with van der Waals surface area (Å²) in [5, 5.41) is 0. The number of aryl methyl sites for hydroxylation is 1. The first-order valence-corrected chi connectivity index (χ1v) is 12.9. The number of hydrogen-bond acceptors (Lipinski definition) is 3. The average Bonchev–Trinajstić information content (AvgIpc) is 2.83. The van der Waals surface area contributed by atoms with Gasteiger partial charge in [0.2, 0.25) is 0 Å². The van der Waals surface area contributed by atoms with Crippen LogP contribution in [0, 0.1) is 0 Å². The lowest BCUT2D eigenvalue weighted by atomic mass is 10.0.